The van der Waals surface area contributed by atoms with Gasteiger partial charge in [-0.15, -0.1) is 0 Å². The quantitative estimate of drug-likeness (QED) is 0.0431. The molecule has 1 aromatic carbocycles. The first-order chi connectivity index (χ1) is 28.1. The minimum absolute atomic E-state index is 0.0903. The molecule has 6 atom stereocenters. The molecule has 0 unspecified atom stereocenters. The summed E-state index contributed by atoms with van der Waals surface area (Å²) in [6, 6.07) is 6.14. The Morgan fingerprint density at radius 3 is 2.41 bits per heavy atom. The molecular formula is C43H57N5O11. The molecule has 16 heteroatoms. The predicted octanol–water partition coefficient (Wildman–Crippen LogP) is 4.65. The maximum atomic E-state index is 14.0. The van der Waals surface area contributed by atoms with E-state index in [4.69, 9.17) is 19.9 Å². The summed E-state index contributed by atoms with van der Waals surface area (Å²) in [5, 5.41) is 31.1. The van der Waals surface area contributed by atoms with Gasteiger partial charge in [-0.05, 0) is 63.2 Å². The van der Waals surface area contributed by atoms with Crippen LogP contribution in [0.5, 0.6) is 0 Å². The number of amides is 3. The van der Waals surface area contributed by atoms with Crippen LogP contribution in [0.2, 0.25) is 0 Å². The number of allylic oxidation sites excluding steroid dienone is 4. The number of nitro groups is 1. The van der Waals surface area contributed by atoms with Crippen molar-refractivity contribution in [3.05, 3.63) is 105 Å². The molecular weight excluding hydrogens is 762 g/mol. The number of fused-ring (bicyclic) bond motifs is 2. The number of ketones is 2. The summed E-state index contributed by atoms with van der Waals surface area (Å²) in [4.78, 5) is 75.6. The lowest BCUT2D eigenvalue weighted by molar-refractivity contribution is -0.385. The molecule has 3 rings (SSSR count). The number of aliphatic hydroxyl groups is 1. The molecule has 0 fully saturated rings. The molecule has 1 aromatic rings. The summed E-state index contributed by atoms with van der Waals surface area (Å²) in [6.07, 6.45) is 8.96. The van der Waals surface area contributed by atoms with E-state index in [0.717, 1.165) is 18.9 Å². The van der Waals surface area contributed by atoms with E-state index in [1.807, 2.05) is 6.92 Å². The van der Waals surface area contributed by atoms with Gasteiger partial charge in [-0.3, -0.25) is 29.3 Å². The molecule has 3 amide bonds. The third-order valence-electron chi connectivity index (χ3n) is 10.0. The molecule has 0 saturated heterocycles. The SMILES string of the molecule is CO[C@H]1/C=C\C=C(/C)C(=O)NC2=CC(=O)C(NCCCCCCNC(=O)/C=C/c3ccccc3[N+](=O)[O-])=C(C[C@@H](C)C[C@H](OC)[C@H](O)[C@@H](C)/C=C(\C)[C@@H]1OC(N)=O)C2=O. The molecule has 1 heterocycles. The van der Waals surface area contributed by atoms with Gasteiger partial charge in [-0.25, -0.2) is 4.79 Å². The monoisotopic (exact) mass is 819 g/mol. The number of hydrogen-bond donors (Lipinski definition) is 5. The number of nitrogens with one attached hydrogen (secondary N) is 3. The number of carbonyl (C=O) groups excluding carboxylic acids is 5. The van der Waals surface area contributed by atoms with Crippen molar-refractivity contribution in [1.29, 1.82) is 0 Å². The first kappa shape index (κ1) is 47.7. The van der Waals surface area contributed by atoms with E-state index in [-0.39, 0.29) is 46.5 Å². The van der Waals surface area contributed by atoms with Crippen LogP contribution in [0, 0.1) is 22.0 Å². The molecule has 0 spiro atoms. The Morgan fingerprint density at radius 1 is 1.05 bits per heavy atom. The van der Waals surface area contributed by atoms with Crippen molar-refractivity contribution in [2.24, 2.45) is 17.6 Å². The standard InChI is InChI=1S/C43H57N5O11/c1-26-22-31-38(46-21-12-8-7-11-20-45-37(50)19-18-30-15-9-10-16-33(30)48(55)56)34(49)25-32(40(31)52)47-42(53)27(2)14-13-17-35(57-5)41(59-43(44)54)29(4)24-28(3)39(51)36(23-26)58-6/h9-10,13-19,24-26,28,35-36,39,41,46,51H,7-8,11-12,20-23H2,1-6H3,(H2,44,54)(H,45,50)(H,47,53)/b17-13-,19-18+,27-14+,29-24+/t26-,28+,35+,36+,39-,41+/m1/s1. The lowest BCUT2D eigenvalue weighted by atomic mass is 9.85. The van der Waals surface area contributed by atoms with Gasteiger partial charge in [0.25, 0.3) is 11.6 Å². The minimum Gasteiger partial charge on any atom is -0.439 e. The summed E-state index contributed by atoms with van der Waals surface area (Å²) < 4.78 is 16.7. The number of unbranched alkanes of at least 4 members (excludes halogenated alkanes) is 3. The largest absolute Gasteiger partial charge is 0.439 e. The van der Waals surface area contributed by atoms with Gasteiger partial charge in [0.15, 0.2) is 6.10 Å². The highest BCUT2D eigenvalue weighted by atomic mass is 16.6. The Morgan fingerprint density at radius 2 is 1.75 bits per heavy atom. The Hall–Kier alpha value is -5.71. The summed E-state index contributed by atoms with van der Waals surface area (Å²) in [5.74, 6) is -2.70. The second-order valence-corrected chi connectivity index (χ2v) is 14.7. The molecule has 1 aliphatic heterocycles. The molecule has 0 radical (unpaired) electrons. The number of benzene rings is 1. The number of primary amides is 1. The van der Waals surface area contributed by atoms with E-state index < -0.39 is 58.8 Å². The van der Waals surface area contributed by atoms with E-state index in [1.54, 1.807) is 44.2 Å². The van der Waals surface area contributed by atoms with Gasteiger partial charge in [0.2, 0.25) is 17.5 Å². The van der Waals surface area contributed by atoms with Crippen molar-refractivity contribution in [3.8, 4) is 0 Å². The Bertz CT molecular complexity index is 1900. The minimum atomic E-state index is -1.02. The normalized spacial score (nSPS) is 25.9. The van der Waals surface area contributed by atoms with Crippen molar-refractivity contribution in [2.45, 2.75) is 90.6 Å². The van der Waals surface area contributed by atoms with Crippen LogP contribution in [0.15, 0.2) is 88.8 Å². The first-order valence-corrected chi connectivity index (χ1v) is 19.6. The van der Waals surface area contributed by atoms with Gasteiger partial charge in [-0.1, -0.05) is 63.1 Å². The van der Waals surface area contributed by atoms with Crippen molar-refractivity contribution >= 4 is 41.2 Å². The van der Waals surface area contributed by atoms with Crippen LogP contribution in [0.1, 0.15) is 71.8 Å². The summed E-state index contributed by atoms with van der Waals surface area (Å²) in [6.45, 7) is 7.72. The van der Waals surface area contributed by atoms with Crippen LogP contribution in [-0.2, 0) is 33.4 Å². The van der Waals surface area contributed by atoms with E-state index in [9.17, 15) is 39.2 Å². The van der Waals surface area contributed by atoms with Gasteiger partial charge in [0.05, 0.1) is 34.1 Å². The van der Waals surface area contributed by atoms with Crippen LogP contribution in [0.25, 0.3) is 6.08 Å². The van der Waals surface area contributed by atoms with E-state index in [0.29, 0.717) is 43.5 Å². The number of methoxy groups -OCH3 is 2. The number of carbonyl (C=O) groups is 5. The molecule has 59 heavy (non-hydrogen) atoms. The number of Topliss-reactive ketones (excluding diaryl/α,β-unsaturated/α-hetero) is 1. The average molecular weight is 820 g/mol. The zero-order valence-electron chi connectivity index (χ0n) is 34.5. The number of nitro benzene ring substituents is 1. The number of hydrogen-bond acceptors (Lipinski definition) is 12. The zero-order valence-corrected chi connectivity index (χ0v) is 34.5. The second-order valence-electron chi connectivity index (χ2n) is 14.7. The number of ether oxygens (including phenoxy) is 3. The first-order valence-electron chi connectivity index (χ1n) is 19.6. The lowest BCUT2D eigenvalue weighted by Crippen LogP contribution is -2.38. The van der Waals surface area contributed by atoms with Crippen molar-refractivity contribution < 1.29 is 48.2 Å². The Kier molecular flexibility index (Phi) is 19.1. The predicted molar refractivity (Wildman–Crippen MR) is 221 cm³/mol. The number of nitrogens with zero attached hydrogens (tertiary/aromatic N) is 1. The second kappa shape index (κ2) is 23.6. The molecule has 16 nitrogen and oxygen atoms in total. The number of rotatable bonds is 14. The fourth-order valence-corrected chi connectivity index (χ4v) is 6.83. The van der Waals surface area contributed by atoms with Crippen molar-refractivity contribution in [1.82, 2.24) is 16.0 Å². The lowest BCUT2D eigenvalue weighted by Gasteiger charge is -2.30. The Labute approximate surface area is 344 Å². The van der Waals surface area contributed by atoms with Crippen molar-refractivity contribution in [2.75, 3.05) is 27.3 Å². The Balaban J connectivity index is 1.74. The smallest absolute Gasteiger partial charge is 0.405 e. The summed E-state index contributed by atoms with van der Waals surface area (Å²) in [5.41, 5.74) is 6.59. The van der Waals surface area contributed by atoms with Crippen LogP contribution in [0.4, 0.5) is 10.5 Å². The number of nitrogens with two attached hydrogens (primary N) is 1. The van der Waals surface area contributed by atoms with Gasteiger partial charge >= 0.3 is 6.09 Å². The highest BCUT2D eigenvalue weighted by Gasteiger charge is 2.33. The highest BCUT2D eigenvalue weighted by Crippen LogP contribution is 2.29. The highest BCUT2D eigenvalue weighted by molar-refractivity contribution is 6.23. The maximum absolute atomic E-state index is 14.0. The number of para-hydroxylation sites is 1. The summed E-state index contributed by atoms with van der Waals surface area (Å²) >= 11 is 0. The van der Waals surface area contributed by atoms with Crippen LogP contribution >= 0.6 is 0 Å². The molecule has 0 aromatic heterocycles. The van der Waals surface area contributed by atoms with E-state index in [1.165, 1.54) is 51.5 Å². The maximum Gasteiger partial charge on any atom is 0.405 e. The molecule has 1 aliphatic carbocycles. The molecule has 0 saturated carbocycles. The molecule has 2 bridgehead atoms. The van der Waals surface area contributed by atoms with Crippen LogP contribution in [0.3, 0.4) is 0 Å². The van der Waals surface area contributed by atoms with E-state index in [2.05, 4.69) is 16.0 Å². The fraction of sp³-hybridized carbons (Fsp3) is 0.465. The molecule has 6 N–H and O–H groups in total. The van der Waals surface area contributed by atoms with E-state index >= 15 is 0 Å². The average Bonchev–Trinajstić information content (AvgIpc) is 3.19. The van der Waals surface area contributed by atoms with Crippen molar-refractivity contribution in [3.63, 3.8) is 0 Å². The fourth-order valence-electron chi connectivity index (χ4n) is 6.83. The van der Waals surface area contributed by atoms with Crippen LogP contribution < -0.4 is 21.7 Å². The van der Waals surface area contributed by atoms with Crippen LogP contribution in [-0.4, -0.2) is 91.2 Å². The molecule has 2 aliphatic rings. The third-order valence-corrected chi connectivity index (χ3v) is 10.0. The van der Waals surface area contributed by atoms with Gasteiger partial charge < -0.3 is 41.0 Å². The topological polar surface area (TPSA) is 239 Å². The van der Waals surface area contributed by atoms with Gasteiger partial charge in [0, 0.05) is 62.6 Å². The van der Waals surface area contributed by atoms with Gasteiger partial charge in [-0.2, -0.15) is 0 Å². The molecule has 320 valence electrons. The number of aliphatic hydroxyl groups excluding tert-OH is 1. The third kappa shape index (κ3) is 14.6. The zero-order chi connectivity index (χ0) is 43.6. The summed E-state index contributed by atoms with van der Waals surface area (Å²) in [7, 11) is 2.90. The van der Waals surface area contributed by atoms with Gasteiger partial charge in [0.1, 0.15) is 6.10 Å².